The van der Waals surface area contributed by atoms with Crippen LogP contribution in [-0.2, 0) is 25.8 Å². The highest BCUT2D eigenvalue weighted by molar-refractivity contribution is 5.22. The van der Waals surface area contributed by atoms with Gasteiger partial charge in [-0.1, -0.05) is 103 Å². The molecular formula is C30H48N+. The zero-order valence-corrected chi connectivity index (χ0v) is 20.8. The molecule has 172 valence electrons. The standard InChI is InChI=1S/C30H48N/c1-4-7-8-9-10-11-12-13-14-15-19-27-22-24-28(25-23-27)26-31-29(17-5-2)20-16-21-30(31)18-6-3/h16,20-25H,4-15,17-19,26H2,1-3H3/q+1. The van der Waals surface area contributed by atoms with E-state index in [1.807, 2.05) is 0 Å². The van der Waals surface area contributed by atoms with Crippen LogP contribution in [0.1, 0.15) is 120 Å². The maximum Gasteiger partial charge on any atom is 0.181 e. The number of benzene rings is 1. The SMILES string of the molecule is CCCCCCCCCCCCc1ccc(C[n+]2c(CCC)cccc2CCC)cc1. The first-order valence-electron chi connectivity index (χ1n) is 13.4. The van der Waals surface area contributed by atoms with Crippen LogP contribution >= 0.6 is 0 Å². The van der Waals surface area contributed by atoms with Crippen molar-refractivity contribution in [2.24, 2.45) is 0 Å². The van der Waals surface area contributed by atoms with Crippen molar-refractivity contribution in [3.8, 4) is 0 Å². The zero-order valence-electron chi connectivity index (χ0n) is 20.8. The number of pyridine rings is 1. The van der Waals surface area contributed by atoms with Gasteiger partial charge in [0.1, 0.15) is 0 Å². The second kappa shape index (κ2) is 16.1. The predicted molar refractivity (Wildman–Crippen MR) is 136 cm³/mol. The van der Waals surface area contributed by atoms with E-state index >= 15 is 0 Å². The highest BCUT2D eigenvalue weighted by Gasteiger charge is 2.16. The normalized spacial score (nSPS) is 11.2. The highest BCUT2D eigenvalue weighted by Crippen LogP contribution is 2.14. The summed E-state index contributed by atoms with van der Waals surface area (Å²) in [5, 5.41) is 0. The Labute approximate surface area is 193 Å². The molecule has 1 aromatic heterocycles. The van der Waals surface area contributed by atoms with Crippen LogP contribution in [-0.4, -0.2) is 0 Å². The van der Waals surface area contributed by atoms with Crippen molar-refractivity contribution in [1.29, 1.82) is 0 Å². The lowest BCUT2D eigenvalue weighted by Crippen LogP contribution is -2.43. The zero-order chi connectivity index (χ0) is 22.2. The Balaban J connectivity index is 1.75. The minimum Gasteiger partial charge on any atom is -0.195 e. The summed E-state index contributed by atoms with van der Waals surface area (Å²) >= 11 is 0. The molecule has 1 heterocycles. The van der Waals surface area contributed by atoms with Crippen molar-refractivity contribution in [2.75, 3.05) is 0 Å². The Kier molecular flexibility index (Phi) is 13.3. The van der Waals surface area contributed by atoms with E-state index in [2.05, 4.69) is 67.8 Å². The van der Waals surface area contributed by atoms with Gasteiger partial charge in [0, 0.05) is 30.5 Å². The van der Waals surface area contributed by atoms with Crippen LogP contribution in [0.25, 0.3) is 0 Å². The maximum absolute atomic E-state index is 2.56. The van der Waals surface area contributed by atoms with E-state index in [1.54, 1.807) is 0 Å². The molecule has 1 nitrogen and oxygen atoms in total. The molecule has 1 aromatic carbocycles. The van der Waals surface area contributed by atoms with Gasteiger partial charge < -0.3 is 0 Å². The van der Waals surface area contributed by atoms with Gasteiger partial charge in [0.25, 0.3) is 0 Å². The van der Waals surface area contributed by atoms with Gasteiger partial charge in [0.2, 0.25) is 0 Å². The minimum absolute atomic E-state index is 1.00. The van der Waals surface area contributed by atoms with Gasteiger partial charge in [-0.2, -0.15) is 4.57 Å². The third-order valence-corrected chi connectivity index (χ3v) is 6.47. The Hall–Kier alpha value is -1.63. The fraction of sp³-hybridized carbons (Fsp3) is 0.633. The van der Waals surface area contributed by atoms with Crippen LogP contribution in [0.15, 0.2) is 42.5 Å². The smallest absolute Gasteiger partial charge is 0.181 e. The monoisotopic (exact) mass is 422 g/mol. The lowest BCUT2D eigenvalue weighted by Gasteiger charge is -2.09. The van der Waals surface area contributed by atoms with Crippen molar-refractivity contribution < 1.29 is 4.57 Å². The molecule has 0 bridgehead atoms. The second-order valence-corrected chi connectivity index (χ2v) is 9.34. The third-order valence-electron chi connectivity index (χ3n) is 6.47. The fourth-order valence-corrected chi connectivity index (χ4v) is 4.60. The third kappa shape index (κ3) is 10.0. The van der Waals surface area contributed by atoms with Crippen molar-refractivity contribution in [3.63, 3.8) is 0 Å². The number of nitrogens with zero attached hydrogens (tertiary/aromatic N) is 1. The summed E-state index contributed by atoms with van der Waals surface area (Å²) in [7, 11) is 0. The fourth-order valence-electron chi connectivity index (χ4n) is 4.60. The molecule has 0 fully saturated rings. The number of hydrogen-bond acceptors (Lipinski definition) is 0. The van der Waals surface area contributed by atoms with Crippen molar-refractivity contribution in [3.05, 3.63) is 65.0 Å². The van der Waals surface area contributed by atoms with E-state index in [9.17, 15) is 0 Å². The van der Waals surface area contributed by atoms with Crippen LogP contribution in [0.2, 0.25) is 0 Å². The number of rotatable bonds is 17. The molecule has 0 aliphatic heterocycles. The average Bonchev–Trinajstić information content (AvgIpc) is 2.78. The predicted octanol–water partition coefficient (Wildman–Crippen LogP) is 8.39. The molecule has 0 N–H and O–H groups in total. The van der Waals surface area contributed by atoms with E-state index < -0.39 is 0 Å². The number of hydrogen-bond donors (Lipinski definition) is 0. The Morgan fingerprint density at radius 3 is 1.48 bits per heavy atom. The van der Waals surface area contributed by atoms with E-state index in [4.69, 9.17) is 0 Å². The quantitative estimate of drug-likeness (QED) is 0.178. The first-order valence-corrected chi connectivity index (χ1v) is 13.4. The molecule has 0 aliphatic rings. The Morgan fingerprint density at radius 2 is 0.968 bits per heavy atom. The minimum atomic E-state index is 1.00. The molecule has 0 atom stereocenters. The first-order chi connectivity index (χ1) is 15.3. The van der Waals surface area contributed by atoms with E-state index in [0.717, 1.165) is 19.4 Å². The average molecular weight is 423 g/mol. The molecule has 0 radical (unpaired) electrons. The molecule has 2 rings (SSSR count). The van der Waals surface area contributed by atoms with Crippen LogP contribution in [0.4, 0.5) is 0 Å². The summed E-state index contributed by atoms with van der Waals surface area (Å²) in [5.41, 5.74) is 5.88. The van der Waals surface area contributed by atoms with Crippen molar-refractivity contribution in [1.82, 2.24) is 0 Å². The molecule has 2 aromatic rings. The molecule has 0 amide bonds. The molecule has 1 heteroatoms. The topological polar surface area (TPSA) is 3.88 Å². The van der Waals surface area contributed by atoms with Crippen molar-refractivity contribution in [2.45, 2.75) is 124 Å². The molecule has 31 heavy (non-hydrogen) atoms. The summed E-state index contributed by atoms with van der Waals surface area (Å²) in [6.07, 6.45) is 20.1. The number of aromatic nitrogens is 1. The van der Waals surface area contributed by atoms with Gasteiger partial charge in [-0.15, -0.1) is 0 Å². The van der Waals surface area contributed by atoms with E-state index in [-0.39, 0.29) is 0 Å². The van der Waals surface area contributed by atoms with E-state index in [0.29, 0.717) is 0 Å². The van der Waals surface area contributed by atoms with Crippen molar-refractivity contribution >= 4 is 0 Å². The molecule has 0 spiro atoms. The lowest BCUT2D eigenvalue weighted by molar-refractivity contribution is -0.703. The summed E-state index contributed by atoms with van der Waals surface area (Å²) in [5.74, 6) is 0. The van der Waals surface area contributed by atoms with Gasteiger partial charge in [0.15, 0.2) is 17.9 Å². The van der Waals surface area contributed by atoms with Gasteiger partial charge in [-0.25, -0.2) is 0 Å². The molecule has 0 aliphatic carbocycles. The number of unbranched alkanes of at least 4 members (excludes halogenated alkanes) is 9. The van der Waals surface area contributed by atoms with Gasteiger partial charge in [0.05, 0.1) is 0 Å². The summed E-state index contributed by atoms with van der Waals surface area (Å²) < 4.78 is 2.56. The Bertz CT molecular complexity index is 677. The first kappa shape index (κ1) is 25.6. The second-order valence-electron chi connectivity index (χ2n) is 9.34. The van der Waals surface area contributed by atoms with Crippen LogP contribution < -0.4 is 4.57 Å². The van der Waals surface area contributed by atoms with Gasteiger partial charge in [-0.3, -0.25) is 0 Å². The molecular weight excluding hydrogens is 374 g/mol. The molecule has 0 saturated carbocycles. The lowest BCUT2D eigenvalue weighted by atomic mass is 10.0. The van der Waals surface area contributed by atoms with Gasteiger partial charge in [-0.05, 0) is 37.3 Å². The highest BCUT2D eigenvalue weighted by atomic mass is 15.0. The maximum atomic E-state index is 2.56. The largest absolute Gasteiger partial charge is 0.195 e. The molecule has 0 saturated heterocycles. The van der Waals surface area contributed by atoms with Crippen LogP contribution in [0.3, 0.4) is 0 Å². The van der Waals surface area contributed by atoms with Crippen LogP contribution in [0, 0.1) is 0 Å². The summed E-state index contributed by atoms with van der Waals surface area (Å²) in [4.78, 5) is 0. The van der Waals surface area contributed by atoms with E-state index in [1.165, 1.54) is 106 Å². The number of aryl methyl sites for hydroxylation is 3. The summed E-state index contributed by atoms with van der Waals surface area (Å²) in [6.45, 7) is 7.85. The Morgan fingerprint density at radius 1 is 0.484 bits per heavy atom. The van der Waals surface area contributed by atoms with Crippen LogP contribution in [0.5, 0.6) is 0 Å². The molecule has 0 unspecified atom stereocenters. The van der Waals surface area contributed by atoms with Gasteiger partial charge >= 0.3 is 0 Å². The summed E-state index contributed by atoms with van der Waals surface area (Å²) in [6, 6.07) is 16.3.